The summed E-state index contributed by atoms with van der Waals surface area (Å²) in [6, 6.07) is 16.6. The van der Waals surface area contributed by atoms with Gasteiger partial charge < -0.3 is 5.32 Å². The Labute approximate surface area is 148 Å². The fraction of sp³-hybridized carbons (Fsp3) is 0.111. The van der Waals surface area contributed by atoms with Gasteiger partial charge in [-0.2, -0.15) is 5.26 Å². The zero-order chi connectivity index (χ0) is 16.8. The molecule has 0 saturated carbocycles. The Hall–Kier alpha value is -2.09. The molecule has 3 nitrogen and oxygen atoms in total. The predicted molar refractivity (Wildman–Crippen MR) is 95.7 cm³/mol. The van der Waals surface area contributed by atoms with Crippen molar-refractivity contribution in [3.63, 3.8) is 0 Å². The summed E-state index contributed by atoms with van der Waals surface area (Å²) in [5.41, 5.74) is 1.60. The lowest BCUT2D eigenvalue weighted by atomic mass is 10.1. The minimum atomic E-state index is -0.428. The zero-order valence-electron chi connectivity index (χ0n) is 12.4. The molecule has 0 aliphatic heterocycles. The van der Waals surface area contributed by atoms with Crippen molar-refractivity contribution in [2.75, 3.05) is 0 Å². The highest BCUT2D eigenvalue weighted by atomic mass is 79.9. The molecule has 0 saturated heterocycles. The minimum Gasteiger partial charge on any atom is -0.345 e. The largest absolute Gasteiger partial charge is 0.345 e. The van der Waals surface area contributed by atoms with Gasteiger partial charge in [-0.05, 0) is 36.3 Å². The fourth-order valence-corrected chi connectivity index (χ4v) is 2.75. The lowest BCUT2D eigenvalue weighted by Gasteiger charge is -2.13. The van der Waals surface area contributed by atoms with Crippen LogP contribution in [0.4, 0.5) is 0 Å². The Balaban J connectivity index is 2.19. The Bertz CT molecular complexity index is 781. The van der Waals surface area contributed by atoms with Crippen LogP contribution in [0, 0.1) is 11.3 Å². The molecule has 1 unspecified atom stereocenters. The van der Waals surface area contributed by atoms with Gasteiger partial charge in [0.25, 0.3) is 5.91 Å². The number of amides is 1. The maximum Gasteiger partial charge on any atom is 0.262 e. The number of carbonyl (C=O) groups is 1. The van der Waals surface area contributed by atoms with E-state index in [0.29, 0.717) is 10.6 Å². The van der Waals surface area contributed by atoms with Crippen LogP contribution in [0.5, 0.6) is 0 Å². The molecule has 0 radical (unpaired) electrons. The molecule has 1 amide bonds. The summed E-state index contributed by atoms with van der Waals surface area (Å²) >= 11 is 9.44. The molecule has 0 bridgehead atoms. The second-order valence-corrected chi connectivity index (χ2v) is 6.26. The van der Waals surface area contributed by atoms with Crippen molar-refractivity contribution >= 4 is 39.5 Å². The smallest absolute Gasteiger partial charge is 0.262 e. The van der Waals surface area contributed by atoms with Gasteiger partial charge in [0.2, 0.25) is 0 Å². The molecule has 0 aliphatic carbocycles. The van der Waals surface area contributed by atoms with Gasteiger partial charge >= 0.3 is 0 Å². The van der Waals surface area contributed by atoms with Crippen LogP contribution in [0.1, 0.15) is 24.1 Å². The molecule has 0 aliphatic rings. The summed E-state index contributed by atoms with van der Waals surface area (Å²) in [5, 5.41) is 12.5. The maximum atomic E-state index is 12.3. The summed E-state index contributed by atoms with van der Waals surface area (Å²) in [6.07, 6.45) is 1.49. The van der Waals surface area contributed by atoms with Crippen molar-refractivity contribution in [1.29, 1.82) is 5.26 Å². The van der Waals surface area contributed by atoms with Gasteiger partial charge in [0, 0.05) is 9.50 Å². The van der Waals surface area contributed by atoms with Crippen molar-refractivity contribution in [3.05, 3.63) is 74.7 Å². The number of hydrogen-bond donors (Lipinski definition) is 1. The van der Waals surface area contributed by atoms with Crippen molar-refractivity contribution in [3.8, 4) is 6.07 Å². The highest BCUT2D eigenvalue weighted by molar-refractivity contribution is 9.10. The van der Waals surface area contributed by atoms with E-state index in [1.165, 1.54) is 6.08 Å². The van der Waals surface area contributed by atoms with Crippen LogP contribution in [0.15, 0.2) is 58.6 Å². The molecule has 116 valence electrons. The summed E-state index contributed by atoms with van der Waals surface area (Å²) < 4.78 is 0.834. The number of benzene rings is 2. The van der Waals surface area contributed by atoms with Gasteiger partial charge in [0.05, 0.1) is 6.04 Å². The first-order chi connectivity index (χ1) is 11.0. The number of nitrogens with one attached hydrogen (secondary N) is 1. The average Bonchev–Trinajstić information content (AvgIpc) is 2.54. The van der Waals surface area contributed by atoms with E-state index in [2.05, 4.69) is 21.2 Å². The van der Waals surface area contributed by atoms with Crippen LogP contribution in [-0.2, 0) is 4.79 Å². The van der Waals surface area contributed by atoms with E-state index in [-0.39, 0.29) is 11.6 Å². The van der Waals surface area contributed by atoms with Crippen molar-refractivity contribution in [1.82, 2.24) is 5.32 Å². The van der Waals surface area contributed by atoms with E-state index >= 15 is 0 Å². The predicted octanol–water partition coefficient (Wildman–Crippen LogP) is 4.89. The first-order valence-corrected chi connectivity index (χ1v) is 8.11. The summed E-state index contributed by atoms with van der Waals surface area (Å²) in [7, 11) is 0. The molecule has 0 aromatic heterocycles. The topological polar surface area (TPSA) is 52.9 Å². The van der Waals surface area contributed by atoms with E-state index in [4.69, 9.17) is 11.6 Å². The van der Waals surface area contributed by atoms with Gasteiger partial charge in [0.1, 0.15) is 11.6 Å². The zero-order valence-corrected chi connectivity index (χ0v) is 14.7. The molecule has 1 N–H and O–H groups in total. The normalized spacial score (nSPS) is 12.3. The maximum absolute atomic E-state index is 12.3. The van der Waals surface area contributed by atoms with Crippen molar-refractivity contribution in [2.45, 2.75) is 13.0 Å². The van der Waals surface area contributed by atoms with Gasteiger partial charge in [0.15, 0.2) is 0 Å². The Kier molecular flexibility index (Phi) is 5.97. The lowest BCUT2D eigenvalue weighted by Crippen LogP contribution is -2.27. The molecule has 2 rings (SSSR count). The van der Waals surface area contributed by atoms with Crippen LogP contribution in [0.25, 0.3) is 6.08 Å². The van der Waals surface area contributed by atoms with E-state index in [0.717, 1.165) is 10.0 Å². The van der Waals surface area contributed by atoms with E-state index in [9.17, 15) is 10.1 Å². The molecule has 2 aromatic carbocycles. The minimum absolute atomic E-state index is 0.0111. The summed E-state index contributed by atoms with van der Waals surface area (Å²) in [6.45, 7) is 1.87. The Morgan fingerprint density at radius 2 is 2.00 bits per heavy atom. The molecule has 2 aromatic rings. The first-order valence-electron chi connectivity index (χ1n) is 6.94. The third-order valence-corrected chi connectivity index (χ3v) is 4.10. The van der Waals surface area contributed by atoms with E-state index in [1.54, 1.807) is 18.2 Å². The summed E-state index contributed by atoms with van der Waals surface area (Å²) in [4.78, 5) is 12.3. The number of nitrogens with zero attached hydrogens (tertiary/aromatic N) is 1. The van der Waals surface area contributed by atoms with Gasteiger partial charge in [-0.25, -0.2) is 0 Å². The molecular weight excluding hydrogens is 376 g/mol. The SMILES string of the molecule is CC(NC(=O)/C(C#N)=C\c1ccc(Br)cc1Cl)c1ccccc1. The van der Waals surface area contributed by atoms with Gasteiger partial charge in [-0.1, -0.05) is 63.9 Å². The first kappa shape index (κ1) is 17.3. The third-order valence-electron chi connectivity index (χ3n) is 3.27. The molecule has 5 heteroatoms. The highest BCUT2D eigenvalue weighted by Gasteiger charge is 2.14. The van der Waals surface area contributed by atoms with E-state index < -0.39 is 5.91 Å². The second-order valence-electron chi connectivity index (χ2n) is 4.94. The number of hydrogen-bond acceptors (Lipinski definition) is 2. The fourth-order valence-electron chi connectivity index (χ4n) is 2.02. The van der Waals surface area contributed by atoms with Crippen LogP contribution in [0.2, 0.25) is 5.02 Å². The molecular formula is C18H14BrClN2O. The number of rotatable bonds is 4. The molecule has 0 fully saturated rings. The van der Waals surface area contributed by atoms with Gasteiger partial charge in [-0.15, -0.1) is 0 Å². The molecule has 1 atom stereocenters. The third kappa shape index (κ3) is 4.69. The van der Waals surface area contributed by atoms with Crippen LogP contribution < -0.4 is 5.32 Å². The summed E-state index contributed by atoms with van der Waals surface area (Å²) in [5.74, 6) is -0.428. The second kappa shape index (κ2) is 7.96. The molecule has 0 spiro atoms. The van der Waals surface area contributed by atoms with Crippen LogP contribution >= 0.6 is 27.5 Å². The van der Waals surface area contributed by atoms with Crippen molar-refractivity contribution in [2.24, 2.45) is 0 Å². The van der Waals surface area contributed by atoms with Gasteiger partial charge in [-0.3, -0.25) is 4.79 Å². The number of halogens is 2. The van der Waals surface area contributed by atoms with Crippen molar-refractivity contribution < 1.29 is 4.79 Å². The average molecular weight is 390 g/mol. The highest BCUT2D eigenvalue weighted by Crippen LogP contribution is 2.23. The number of carbonyl (C=O) groups excluding carboxylic acids is 1. The standard InChI is InChI=1S/C18H14BrClN2O/c1-12(13-5-3-2-4-6-13)22-18(23)15(11-21)9-14-7-8-16(19)10-17(14)20/h2-10,12H,1H3,(H,22,23)/b15-9-. The number of nitriles is 1. The lowest BCUT2D eigenvalue weighted by molar-refractivity contribution is -0.117. The Morgan fingerprint density at radius 3 is 2.61 bits per heavy atom. The van der Waals surface area contributed by atoms with Crippen LogP contribution in [-0.4, -0.2) is 5.91 Å². The quantitative estimate of drug-likeness (QED) is 0.598. The van der Waals surface area contributed by atoms with Crippen LogP contribution in [0.3, 0.4) is 0 Å². The molecule has 0 heterocycles. The monoisotopic (exact) mass is 388 g/mol. The Morgan fingerprint density at radius 1 is 1.30 bits per heavy atom. The molecule has 23 heavy (non-hydrogen) atoms. The van der Waals surface area contributed by atoms with E-state index in [1.807, 2.05) is 43.3 Å².